The molecular formula is C17H18BrNO3. The van der Waals surface area contributed by atoms with Crippen LogP contribution in [0.3, 0.4) is 0 Å². The van der Waals surface area contributed by atoms with Gasteiger partial charge in [-0.3, -0.25) is 4.79 Å². The van der Waals surface area contributed by atoms with Crippen LogP contribution in [0.5, 0.6) is 11.5 Å². The Labute approximate surface area is 138 Å². The van der Waals surface area contributed by atoms with E-state index in [1.165, 1.54) is 0 Å². The van der Waals surface area contributed by atoms with Crippen molar-refractivity contribution in [2.75, 3.05) is 19.0 Å². The molecule has 0 saturated heterocycles. The summed E-state index contributed by atoms with van der Waals surface area (Å²) in [6, 6.07) is 12.6. The van der Waals surface area contributed by atoms with Crippen LogP contribution >= 0.6 is 15.9 Å². The second kappa shape index (κ2) is 7.84. The maximum Gasteiger partial charge on any atom is 0.255 e. The minimum absolute atomic E-state index is 0.184. The van der Waals surface area contributed by atoms with Crippen LogP contribution in [0.2, 0.25) is 0 Å². The van der Waals surface area contributed by atoms with Crippen LogP contribution in [0, 0.1) is 0 Å². The molecule has 0 aliphatic carbocycles. The predicted molar refractivity (Wildman–Crippen MR) is 90.9 cm³/mol. The molecule has 116 valence electrons. The number of methoxy groups -OCH3 is 1. The summed E-state index contributed by atoms with van der Waals surface area (Å²) in [5.74, 6) is 1.25. The zero-order chi connectivity index (χ0) is 15.9. The van der Waals surface area contributed by atoms with Crippen LogP contribution in [0.1, 0.15) is 23.7 Å². The largest absolute Gasteiger partial charge is 0.496 e. The molecule has 1 amide bonds. The Kier molecular flexibility index (Phi) is 5.83. The van der Waals surface area contributed by atoms with E-state index in [9.17, 15) is 4.79 Å². The van der Waals surface area contributed by atoms with Gasteiger partial charge in [0.1, 0.15) is 11.5 Å². The summed E-state index contributed by atoms with van der Waals surface area (Å²) in [4.78, 5) is 12.3. The number of benzene rings is 2. The summed E-state index contributed by atoms with van der Waals surface area (Å²) in [5, 5.41) is 2.86. The molecule has 2 rings (SSSR count). The van der Waals surface area contributed by atoms with Crippen molar-refractivity contribution in [1.82, 2.24) is 0 Å². The Hall–Kier alpha value is -2.01. The maximum atomic E-state index is 12.3. The van der Waals surface area contributed by atoms with E-state index in [1.807, 2.05) is 31.2 Å². The number of rotatable bonds is 6. The highest BCUT2D eigenvalue weighted by Gasteiger charge is 2.09. The van der Waals surface area contributed by atoms with Crippen molar-refractivity contribution in [1.29, 1.82) is 0 Å². The average molecular weight is 364 g/mol. The Morgan fingerprint density at radius 1 is 1.23 bits per heavy atom. The molecule has 5 heteroatoms. The maximum absolute atomic E-state index is 12.3. The molecule has 4 nitrogen and oxygen atoms in total. The lowest BCUT2D eigenvalue weighted by atomic mass is 10.2. The third-order valence-corrected chi connectivity index (χ3v) is 3.60. The number of amides is 1. The summed E-state index contributed by atoms with van der Waals surface area (Å²) in [7, 11) is 1.58. The Balaban J connectivity index is 2.10. The molecule has 0 spiro atoms. The minimum atomic E-state index is -0.184. The second-order valence-corrected chi connectivity index (χ2v) is 5.53. The first kappa shape index (κ1) is 16.4. The van der Waals surface area contributed by atoms with E-state index in [0.29, 0.717) is 23.6 Å². The van der Waals surface area contributed by atoms with Crippen molar-refractivity contribution in [2.24, 2.45) is 0 Å². The zero-order valence-corrected chi connectivity index (χ0v) is 14.1. The van der Waals surface area contributed by atoms with E-state index in [0.717, 1.165) is 16.6 Å². The van der Waals surface area contributed by atoms with E-state index in [2.05, 4.69) is 21.2 Å². The van der Waals surface area contributed by atoms with Crippen LogP contribution in [-0.2, 0) is 0 Å². The molecule has 1 N–H and O–H groups in total. The molecule has 0 heterocycles. The Bertz CT molecular complexity index is 658. The topological polar surface area (TPSA) is 47.6 Å². The summed E-state index contributed by atoms with van der Waals surface area (Å²) in [6.07, 6.45) is 0.941. The molecule has 0 fully saturated rings. The molecule has 0 unspecified atom stereocenters. The standard InChI is InChI=1S/C17H18BrNO3/c1-3-9-22-14-6-4-5-13(11-14)19-17(20)12-7-8-16(21-2)15(18)10-12/h4-8,10-11H,3,9H2,1-2H3,(H,19,20). The highest BCUT2D eigenvalue weighted by Crippen LogP contribution is 2.26. The lowest BCUT2D eigenvalue weighted by Gasteiger charge is -2.09. The van der Waals surface area contributed by atoms with Crippen molar-refractivity contribution in [3.63, 3.8) is 0 Å². The summed E-state index contributed by atoms with van der Waals surface area (Å²) < 4.78 is 11.5. The number of hydrogen-bond acceptors (Lipinski definition) is 3. The third-order valence-electron chi connectivity index (χ3n) is 2.98. The fourth-order valence-corrected chi connectivity index (χ4v) is 2.44. The van der Waals surface area contributed by atoms with Crippen molar-refractivity contribution < 1.29 is 14.3 Å². The number of anilines is 1. The van der Waals surface area contributed by atoms with Gasteiger partial charge in [0, 0.05) is 17.3 Å². The second-order valence-electron chi connectivity index (χ2n) is 4.68. The van der Waals surface area contributed by atoms with E-state index >= 15 is 0 Å². The van der Waals surface area contributed by atoms with Crippen molar-refractivity contribution >= 4 is 27.5 Å². The van der Waals surface area contributed by atoms with Crippen LogP contribution in [-0.4, -0.2) is 19.6 Å². The first-order valence-corrected chi connectivity index (χ1v) is 7.81. The van der Waals surface area contributed by atoms with E-state index in [4.69, 9.17) is 9.47 Å². The zero-order valence-electron chi connectivity index (χ0n) is 12.6. The number of nitrogens with one attached hydrogen (secondary N) is 1. The summed E-state index contributed by atoms with van der Waals surface area (Å²) >= 11 is 3.38. The number of hydrogen-bond donors (Lipinski definition) is 1. The Morgan fingerprint density at radius 2 is 2.05 bits per heavy atom. The number of ether oxygens (including phenoxy) is 2. The van der Waals surface area contributed by atoms with Crippen molar-refractivity contribution in [3.8, 4) is 11.5 Å². The van der Waals surface area contributed by atoms with E-state index < -0.39 is 0 Å². The number of halogens is 1. The monoisotopic (exact) mass is 363 g/mol. The summed E-state index contributed by atoms with van der Waals surface area (Å²) in [6.45, 7) is 2.70. The first-order valence-electron chi connectivity index (χ1n) is 7.01. The first-order chi connectivity index (χ1) is 10.6. The highest BCUT2D eigenvalue weighted by atomic mass is 79.9. The molecule has 22 heavy (non-hydrogen) atoms. The van der Waals surface area contributed by atoms with Gasteiger partial charge in [-0.2, -0.15) is 0 Å². The van der Waals surface area contributed by atoms with Crippen LogP contribution < -0.4 is 14.8 Å². The Morgan fingerprint density at radius 3 is 2.73 bits per heavy atom. The van der Waals surface area contributed by atoms with Gasteiger partial charge < -0.3 is 14.8 Å². The molecule has 0 atom stereocenters. The van der Waals surface area contributed by atoms with Gasteiger partial charge in [-0.1, -0.05) is 13.0 Å². The average Bonchev–Trinajstić information content (AvgIpc) is 2.53. The molecule has 2 aromatic rings. The van der Waals surface area contributed by atoms with Gasteiger partial charge in [-0.25, -0.2) is 0 Å². The van der Waals surface area contributed by atoms with Crippen LogP contribution in [0.25, 0.3) is 0 Å². The van der Waals surface area contributed by atoms with Crippen molar-refractivity contribution in [2.45, 2.75) is 13.3 Å². The van der Waals surface area contributed by atoms with Crippen LogP contribution in [0.15, 0.2) is 46.9 Å². The molecule has 0 saturated carbocycles. The predicted octanol–water partition coefficient (Wildman–Crippen LogP) is 4.50. The van der Waals surface area contributed by atoms with Gasteiger partial charge in [-0.05, 0) is 52.7 Å². The molecular weight excluding hydrogens is 346 g/mol. The lowest BCUT2D eigenvalue weighted by molar-refractivity contribution is 0.102. The van der Waals surface area contributed by atoms with E-state index in [1.54, 1.807) is 25.3 Å². The van der Waals surface area contributed by atoms with Gasteiger partial charge in [0.25, 0.3) is 5.91 Å². The van der Waals surface area contributed by atoms with Crippen molar-refractivity contribution in [3.05, 3.63) is 52.5 Å². The molecule has 0 aliphatic heterocycles. The molecule has 0 radical (unpaired) electrons. The molecule has 2 aromatic carbocycles. The third kappa shape index (κ3) is 4.24. The molecule has 0 aliphatic rings. The van der Waals surface area contributed by atoms with Crippen LogP contribution in [0.4, 0.5) is 5.69 Å². The normalized spacial score (nSPS) is 10.1. The molecule has 0 aromatic heterocycles. The summed E-state index contributed by atoms with van der Waals surface area (Å²) in [5.41, 5.74) is 1.25. The van der Waals surface area contributed by atoms with Gasteiger partial charge in [0.15, 0.2) is 0 Å². The fraction of sp³-hybridized carbons (Fsp3) is 0.235. The number of carbonyl (C=O) groups excluding carboxylic acids is 1. The molecule has 0 bridgehead atoms. The van der Waals surface area contributed by atoms with Gasteiger partial charge >= 0.3 is 0 Å². The quantitative estimate of drug-likeness (QED) is 0.821. The van der Waals surface area contributed by atoms with E-state index in [-0.39, 0.29) is 5.91 Å². The highest BCUT2D eigenvalue weighted by molar-refractivity contribution is 9.10. The smallest absolute Gasteiger partial charge is 0.255 e. The number of carbonyl (C=O) groups is 1. The lowest BCUT2D eigenvalue weighted by Crippen LogP contribution is -2.12. The SMILES string of the molecule is CCCOc1cccc(NC(=O)c2ccc(OC)c(Br)c2)c1. The minimum Gasteiger partial charge on any atom is -0.496 e. The van der Waals surface area contributed by atoms with Gasteiger partial charge in [0.2, 0.25) is 0 Å². The van der Waals surface area contributed by atoms with Gasteiger partial charge in [-0.15, -0.1) is 0 Å². The van der Waals surface area contributed by atoms with Gasteiger partial charge in [0.05, 0.1) is 18.2 Å². The fourth-order valence-electron chi connectivity index (χ4n) is 1.89.